The maximum absolute atomic E-state index is 13.4. The van der Waals surface area contributed by atoms with E-state index in [9.17, 15) is 8.78 Å². The summed E-state index contributed by atoms with van der Waals surface area (Å²) in [6, 6.07) is 12.0. The number of hydrogen-bond donors (Lipinski definition) is 3. The molecule has 0 aliphatic heterocycles. The van der Waals surface area contributed by atoms with Gasteiger partial charge in [-0.1, -0.05) is 0 Å². The van der Waals surface area contributed by atoms with Crippen LogP contribution in [0.5, 0.6) is 5.88 Å². The third-order valence-electron chi connectivity index (χ3n) is 4.44. The van der Waals surface area contributed by atoms with Crippen LogP contribution in [0, 0.1) is 11.6 Å². The maximum Gasteiger partial charge on any atom is 0.225 e. The molecule has 8 nitrogen and oxygen atoms in total. The van der Waals surface area contributed by atoms with Gasteiger partial charge in [0.25, 0.3) is 0 Å². The molecule has 0 aliphatic rings. The lowest BCUT2D eigenvalue weighted by Gasteiger charge is -2.15. The molecule has 158 valence electrons. The van der Waals surface area contributed by atoms with Gasteiger partial charge in [-0.3, -0.25) is 4.98 Å². The Balaban J connectivity index is 1.66. The van der Waals surface area contributed by atoms with E-state index in [1.54, 1.807) is 30.3 Å². The zero-order chi connectivity index (χ0) is 21.8. The van der Waals surface area contributed by atoms with Crippen LogP contribution in [0.15, 0.2) is 54.7 Å². The number of nitrogens with one attached hydrogen (secondary N) is 3. The Labute approximate surface area is 176 Å². The minimum Gasteiger partial charge on any atom is -0.481 e. The SMILES string of the molecule is COc1cc(Nc2cc(-c3ccc(F)cc3)nc(N[C@@H](C)c3ccc(F)cn3)n2)n[nH]1. The molecule has 4 aromatic rings. The Bertz CT molecular complexity index is 1160. The predicted molar refractivity (Wildman–Crippen MR) is 112 cm³/mol. The van der Waals surface area contributed by atoms with E-state index in [2.05, 4.69) is 35.8 Å². The van der Waals surface area contributed by atoms with Gasteiger partial charge in [0, 0.05) is 17.7 Å². The second kappa shape index (κ2) is 8.74. The molecule has 10 heteroatoms. The third kappa shape index (κ3) is 4.92. The van der Waals surface area contributed by atoms with Gasteiger partial charge in [0.15, 0.2) is 5.82 Å². The van der Waals surface area contributed by atoms with Gasteiger partial charge in [-0.2, -0.15) is 10.1 Å². The first-order valence-corrected chi connectivity index (χ1v) is 9.39. The van der Waals surface area contributed by atoms with Crippen LogP contribution in [-0.4, -0.2) is 32.3 Å². The number of rotatable bonds is 7. The van der Waals surface area contributed by atoms with Crippen LogP contribution >= 0.6 is 0 Å². The van der Waals surface area contributed by atoms with E-state index in [0.29, 0.717) is 40.4 Å². The molecule has 0 unspecified atom stereocenters. The minimum atomic E-state index is -0.411. The Morgan fingerprint density at radius 2 is 1.74 bits per heavy atom. The van der Waals surface area contributed by atoms with E-state index in [1.807, 2.05) is 6.92 Å². The van der Waals surface area contributed by atoms with Crippen molar-refractivity contribution >= 4 is 17.6 Å². The first-order valence-electron chi connectivity index (χ1n) is 9.39. The number of halogens is 2. The van der Waals surface area contributed by atoms with Crippen LogP contribution in [0.25, 0.3) is 11.3 Å². The number of aromatic nitrogens is 5. The van der Waals surface area contributed by atoms with Gasteiger partial charge in [0.05, 0.1) is 30.7 Å². The van der Waals surface area contributed by atoms with Crippen LogP contribution in [0.2, 0.25) is 0 Å². The lowest BCUT2D eigenvalue weighted by molar-refractivity contribution is 0.397. The fraction of sp³-hybridized carbons (Fsp3) is 0.143. The number of methoxy groups -OCH3 is 1. The highest BCUT2D eigenvalue weighted by Crippen LogP contribution is 2.26. The lowest BCUT2D eigenvalue weighted by Crippen LogP contribution is -2.12. The predicted octanol–water partition coefficient (Wildman–Crippen LogP) is 4.47. The zero-order valence-electron chi connectivity index (χ0n) is 16.7. The van der Waals surface area contributed by atoms with Crippen LogP contribution in [0.3, 0.4) is 0 Å². The molecule has 0 amide bonds. The number of aromatic amines is 1. The summed E-state index contributed by atoms with van der Waals surface area (Å²) in [6.45, 7) is 1.86. The average molecular weight is 423 g/mol. The molecule has 1 aromatic carbocycles. The van der Waals surface area contributed by atoms with Gasteiger partial charge in [0.2, 0.25) is 11.8 Å². The van der Waals surface area contributed by atoms with Crippen LogP contribution < -0.4 is 15.4 Å². The summed E-state index contributed by atoms with van der Waals surface area (Å²) in [6.07, 6.45) is 1.15. The molecule has 4 rings (SSSR count). The van der Waals surface area contributed by atoms with Crippen LogP contribution in [0.1, 0.15) is 18.7 Å². The van der Waals surface area contributed by atoms with Crippen molar-refractivity contribution in [3.05, 3.63) is 72.1 Å². The quantitative estimate of drug-likeness (QED) is 0.403. The fourth-order valence-electron chi connectivity index (χ4n) is 2.86. The lowest BCUT2D eigenvalue weighted by atomic mass is 10.1. The molecule has 0 spiro atoms. The van der Waals surface area contributed by atoms with Crippen molar-refractivity contribution in [3.63, 3.8) is 0 Å². The number of nitrogens with zero attached hydrogens (tertiary/aromatic N) is 4. The Hall–Kier alpha value is -4.08. The smallest absolute Gasteiger partial charge is 0.225 e. The molecule has 0 radical (unpaired) electrons. The van der Waals surface area contributed by atoms with Crippen molar-refractivity contribution in [2.45, 2.75) is 13.0 Å². The number of H-pyrrole nitrogens is 1. The van der Waals surface area contributed by atoms with Gasteiger partial charge in [-0.25, -0.2) is 18.9 Å². The number of benzene rings is 1. The van der Waals surface area contributed by atoms with Crippen molar-refractivity contribution in [2.24, 2.45) is 0 Å². The summed E-state index contributed by atoms with van der Waals surface area (Å²) < 4.78 is 31.6. The minimum absolute atomic E-state index is 0.289. The highest BCUT2D eigenvalue weighted by molar-refractivity contribution is 5.66. The standard InChI is InChI=1S/C21H19F2N7O/c1-12(16-8-7-15(23)11-24-16)25-21-26-17(13-3-5-14(22)6-4-13)9-18(28-21)27-19-10-20(31-2)30-29-19/h3-12H,1-2H3,(H3,25,26,27,28,29,30)/t12-/m0/s1. The molecule has 1 atom stereocenters. The van der Waals surface area contributed by atoms with Crippen molar-refractivity contribution in [1.29, 1.82) is 0 Å². The molecule has 3 aromatic heterocycles. The normalized spacial score (nSPS) is 11.7. The molecule has 31 heavy (non-hydrogen) atoms. The first-order chi connectivity index (χ1) is 15.0. The highest BCUT2D eigenvalue weighted by Gasteiger charge is 2.13. The van der Waals surface area contributed by atoms with Crippen molar-refractivity contribution in [2.75, 3.05) is 17.7 Å². The third-order valence-corrected chi connectivity index (χ3v) is 4.44. The molecule has 3 N–H and O–H groups in total. The van der Waals surface area contributed by atoms with Crippen molar-refractivity contribution < 1.29 is 13.5 Å². The number of pyridine rings is 1. The average Bonchev–Trinajstić information content (AvgIpc) is 3.22. The van der Waals surface area contributed by atoms with Crippen LogP contribution in [0.4, 0.5) is 26.4 Å². The highest BCUT2D eigenvalue weighted by atomic mass is 19.1. The van der Waals surface area contributed by atoms with E-state index >= 15 is 0 Å². The van der Waals surface area contributed by atoms with E-state index in [1.165, 1.54) is 25.3 Å². The van der Waals surface area contributed by atoms with Gasteiger partial charge in [0.1, 0.15) is 17.5 Å². The summed E-state index contributed by atoms with van der Waals surface area (Å²) >= 11 is 0. The Kier molecular flexibility index (Phi) is 5.69. The second-order valence-corrected chi connectivity index (χ2v) is 6.68. The number of hydrogen-bond acceptors (Lipinski definition) is 7. The maximum atomic E-state index is 13.4. The number of ether oxygens (including phenoxy) is 1. The molecule has 0 saturated heterocycles. The zero-order valence-corrected chi connectivity index (χ0v) is 16.7. The molecule has 0 bridgehead atoms. The van der Waals surface area contributed by atoms with Crippen molar-refractivity contribution in [1.82, 2.24) is 25.1 Å². The van der Waals surface area contributed by atoms with Gasteiger partial charge < -0.3 is 15.4 Å². The van der Waals surface area contributed by atoms with E-state index in [0.717, 1.165) is 6.20 Å². The molecular formula is C21H19F2N7O. The van der Waals surface area contributed by atoms with Gasteiger partial charge in [-0.05, 0) is 43.3 Å². The Morgan fingerprint density at radius 1 is 0.968 bits per heavy atom. The van der Waals surface area contributed by atoms with E-state index < -0.39 is 5.82 Å². The number of anilines is 3. The summed E-state index contributed by atoms with van der Waals surface area (Å²) in [5.74, 6) is 1.01. The largest absolute Gasteiger partial charge is 0.481 e. The second-order valence-electron chi connectivity index (χ2n) is 6.68. The van der Waals surface area contributed by atoms with Gasteiger partial charge >= 0.3 is 0 Å². The molecule has 0 aliphatic carbocycles. The summed E-state index contributed by atoms with van der Waals surface area (Å²) in [5, 5.41) is 13.1. The first kappa shape index (κ1) is 20.2. The summed E-state index contributed by atoms with van der Waals surface area (Å²) in [4.78, 5) is 13.1. The van der Waals surface area contributed by atoms with Gasteiger partial charge in [-0.15, -0.1) is 0 Å². The van der Waals surface area contributed by atoms with E-state index in [4.69, 9.17) is 4.74 Å². The monoisotopic (exact) mass is 423 g/mol. The topological polar surface area (TPSA) is 101 Å². The molecular weight excluding hydrogens is 404 g/mol. The Morgan fingerprint density at radius 3 is 2.42 bits per heavy atom. The molecule has 0 fully saturated rings. The van der Waals surface area contributed by atoms with Crippen molar-refractivity contribution in [3.8, 4) is 17.1 Å². The fourth-order valence-corrected chi connectivity index (χ4v) is 2.86. The van der Waals surface area contributed by atoms with E-state index in [-0.39, 0.29) is 11.9 Å². The molecule has 0 saturated carbocycles. The summed E-state index contributed by atoms with van der Waals surface area (Å²) in [7, 11) is 1.53. The van der Waals surface area contributed by atoms with Crippen LogP contribution in [-0.2, 0) is 0 Å². The summed E-state index contributed by atoms with van der Waals surface area (Å²) in [5.41, 5.74) is 1.91. The molecule has 3 heterocycles.